The highest BCUT2D eigenvalue weighted by Crippen LogP contribution is 2.31. The summed E-state index contributed by atoms with van der Waals surface area (Å²) in [6.45, 7) is 4.46. The Labute approximate surface area is 202 Å². The molecule has 4 rings (SSSR count). The summed E-state index contributed by atoms with van der Waals surface area (Å²) in [6.07, 6.45) is 0.0767. The summed E-state index contributed by atoms with van der Waals surface area (Å²) in [4.78, 5) is 12.4. The number of rotatable bonds is 10. The summed E-state index contributed by atoms with van der Waals surface area (Å²) in [5, 5.41) is 15.7. The van der Waals surface area contributed by atoms with Crippen LogP contribution in [-0.2, 0) is 0 Å². The summed E-state index contributed by atoms with van der Waals surface area (Å²) < 4.78 is 23.6. The molecule has 1 N–H and O–H groups in total. The van der Waals surface area contributed by atoms with E-state index in [2.05, 4.69) is 20.6 Å². The van der Waals surface area contributed by atoms with Crippen molar-refractivity contribution in [2.45, 2.75) is 20.0 Å². The average Bonchev–Trinajstić information content (AvgIpc) is 3.29. The number of methoxy groups -OCH3 is 2. The van der Waals surface area contributed by atoms with E-state index < -0.39 is 0 Å². The van der Waals surface area contributed by atoms with Gasteiger partial charge in [0.25, 0.3) is 5.91 Å². The summed E-state index contributed by atoms with van der Waals surface area (Å²) in [5.41, 5.74) is 1.88. The van der Waals surface area contributed by atoms with Gasteiger partial charge < -0.3 is 24.3 Å². The Kier molecular flexibility index (Phi) is 7.30. The standard InChI is InChI=1S/C25H27N5O5/c1-16(2)35-19-8-5-17(6-9-19)25(31)26-13-14-34-23-12-11-22-27-28-24(30(22)29-23)18-7-10-20(32-3)21(15-18)33-4/h5-12,15-16H,13-14H2,1-4H3,(H,26,31). The molecule has 10 nitrogen and oxygen atoms in total. The highest BCUT2D eigenvalue weighted by Gasteiger charge is 2.14. The topological polar surface area (TPSA) is 109 Å². The van der Waals surface area contributed by atoms with Gasteiger partial charge in [0.1, 0.15) is 12.4 Å². The van der Waals surface area contributed by atoms with Gasteiger partial charge in [-0.1, -0.05) is 0 Å². The minimum Gasteiger partial charge on any atom is -0.493 e. The first-order valence-corrected chi connectivity index (χ1v) is 11.1. The third-order valence-electron chi connectivity index (χ3n) is 5.01. The number of benzene rings is 2. The third-order valence-corrected chi connectivity index (χ3v) is 5.01. The number of aromatic nitrogens is 4. The van der Waals surface area contributed by atoms with Gasteiger partial charge in [0.15, 0.2) is 23.0 Å². The van der Waals surface area contributed by atoms with Crippen LogP contribution in [0.5, 0.6) is 23.1 Å². The molecule has 35 heavy (non-hydrogen) atoms. The summed E-state index contributed by atoms with van der Waals surface area (Å²) in [5.74, 6) is 2.63. The van der Waals surface area contributed by atoms with Gasteiger partial charge in [0, 0.05) is 17.2 Å². The molecular weight excluding hydrogens is 450 g/mol. The van der Waals surface area contributed by atoms with Gasteiger partial charge in [0.2, 0.25) is 5.88 Å². The fourth-order valence-electron chi connectivity index (χ4n) is 3.38. The second-order valence-electron chi connectivity index (χ2n) is 7.83. The number of ether oxygens (including phenoxy) is 4. The molecule has 0 bridgehead atoms. The van der Waals surface area contributed by atoms with E-state index in [4.69, 9.17) is 18.9 Å². The molecule has 182 valence electrons. The van der Waals surface area contributed by atoms with Crippen LogP contribution in [0.15, 0.2) is 54.6 Å². The lowest BCUT2D eigenvalue weighted by Crippen LogP contribution is -2.28. The second-order valence-corrected chi connectivity index (χ2v) is 7.83. The van der Waals surface area contributed by atoms with Gasteiger partial charge >= 0.3 is 0 Å². The van der Waals surface area contributed by atoms with E-state index in [1.165, 1.54) is 0 Å². The zero-order valence-electron chi connectivity index (χ0n) is 20.0. The molecule has 0 aliphatic rings. The molecule has 0 unspecified atom stereocenters. The van der Waals surface area contributed by atoms with E-state index in [1.807, 2.05) is 26.0 Å². The Morgan fingerprint density at radius 3 is 2.46 bits per heavy atom. The largest absolute Gasteiger partial charge is 0.493 e. The number of hydrogen-bond donors (Lipinski definition) is 1. The molecule has 0 aliphatic heterocycles. The highest BCUT2D eigenvalue weighted by molar-refractivity contribution is 5.94. The predicted octanol–water partition coefficient (Wildman–Crippen LogP) is 3.40. The lowest BCUT2D eigenvalue weighted by atomic mass is 10.2. The molecule has 0 saturated carbocycles. The molecule has 0 spiro atoms. The Morgan fingerprint density at radius 2 is 1.74 bits per heavy atom. The third kappa shape index (κ3) is 5.60. The predicted molar refractivity (Wildman–Crippen MR) is 129 cm³/mol. The van der Waals surface area contributed by atoms with Gasteiger partial charge in [-0.25, -0.2) is 0 Å². The van der Waals surface area contributed by atoms with Crippen LogP contribution in [-0.4, -0.2) is 59.2 Å². The van der Waals surface area contributed by atoms with Crippen LogP contribution >= 0.6 is 0 Å². The summed E-state index contributed by atoms with van der Waals surface area (Å²) in [6, 6.07) is 15.9. The molecule has 0 saturated heterocycles. The van der Waals surface area contributed by atoms with Crippen LogP contribution in [0.4, 0.5) is 0 Å². The number of hydrogen-bond acceptors (Lipinski definition) is 8. The van der Waals surface area contributed by atoms with E-state index >= 15 is 0 Å². The lowest BCUT2D eigenvalue weighted by Gasteiger charge is -2.11. The van der Waals surface area contributed by atoms with E-state index in [9.17, 15) is 4.79 Å². The molecule has 0 radical (unpaired) electrons. The Bertz CT molecular complexity index is 1300. The van der Waals surface area contributed by atoms with Crippen molar-refractivity contribution in [3.8, 4) is 34.5 Å². The number of nitrogens with one attached hydrogen (secondary N) is 1. The van der Waals surface area contributed by atoms with Crippen LogP contribution in [0, 0.1) is 0 Å². The number of carbonyl (C=O) groups is 1. The fraction of sp³-hybridized carbons (Fsp3) is 0.280. The smallest absolute Gasteiger partial charge is 0.251 e. The van der Waals surface area contributed by atoms with Crippen molar-refractivity contribution in [2.75, 3.05) is 27.4 Å². The first kappa shape index (κ1) is 23.8. The molecule has 2 aromatic carbocycles. The zero-order valence-corrected chi connectivity index (χ0v) is 20.0. The van der Waals surface area contributed by atoms with E-state index in [0.29, 0.717) is 41.0 Å². The second kappa shape index (κ2) is 10.7. The molecule has 0 aliphatic carbocycles. The Balaban J connectivity index is 1.38. The minimum atomic E-state index is -0.192. The molecule has 2 heterocycles. The Hall–Kier alpha value is -4.34. The molecule has 1 amide bonds. The van der Waals surface area contributed by atoms with E-state index in [0.717, 1.165) is 11.3 Å². The van der Waals surface area contributed by atoms with Crippen molar-refractivity contribution in [1.29, 1.82) is 0 Å². The summed E-state index contributed by atoms with van der Waals surface area (Å²) >= 11 is 0. The number of nitrogens with zero attached hydrogens (tertiary/aromatic N) is 4. The van der Waals surface area contributed by atoms with Gasteiger partial charge in [-0.15, -0.1) is 15.3 Å². The fourth-order valence-corrected chi connectivity index (χ4v) is 3.38. The molecular formula is C25H27N5O5. The average molecular weight is 478 g/mol. The van der Waals surface area contributed by atoms with Gasteiger partial charge in [-0.2, -0.15) is 4.52 Å². The zero-order chi connectivity index (χ0) is 24.8. The monoisotopic (exact) mass is 477 g/mol. The van der Waals surface area contributed by atoms with Crippen molar-refractivity contribution in [2.24, 2.45) is 0 Å². The van der Waals surface area contributed by atoms with Crippen LogP contribution in [0.1, 0.15) is 24.2 Å². The van der Waals surface area contributed by atoms with Crippen LogP contribution in [0.2, 0.25) is 0 Å². The normalized spacial score (nSPS) is 10.9. The number of fused-ring (bicyclic) bond motifs is 1. The SMILES string of the molecule is COc1ccc(-c2nnc3ccc(OCCNC(=O)c4ccc(OC(C)C)cc4)nn23)cc1OC. The van der Waals surface area contributed by atoms with Crippen molar-refractivity contribution in [1.82, 2.24) is 25.1 Å². The van der Waals surface area contributed by atoms with E-state index in [-0.39, 0.29) is 18.6 Å². The van der Waals surface area contributed by atoms with Crippen molar-refractivity contribution in [3.05, 3.63) is 60.2 Å². The molecule has 2 aromatic heterocycles. The maximum atomic E-state index is 12.4. The van der Waals surface area contributed by atoms with Crippen LogP contribution < -0.4 is 24.3 Å². The van der Waals surface area contributed by atoms with E-state index in [1.54, 1.807) is 61.2 Å². The molecule has 0 fully saturated rings. The van der Waals surface area contributed by atoms with Gasteiger partial charge in [0.05, 0.1) is 26.9 Å². The van der Waals surface area contributed by atoms with Crippen molar-refractivity contribution in [3.63, 3.8) is 0 Å². The first-order chi connectivity index (χ1) is 17.0. The summed E-state index contributed by atoms with van der Waals surface area (Å²) in [7, 11) is 3.15. The minimum absolute atomic E-state index is 0.0767. The van der Waals surface area contributed by atoms with Crippen LogP contribution in [0.25, 0.3) is 17.0 Å². The maximum Gasteiger partial charge on any atom is 0.251 e. The van der Waals surface area contributed by atoms with Crippen LogP contribution in [0.3, 0.4) is 0 Å². The number of carbonyl (C=O) groups excluding carboxylic acids is 1. The maximum absolute atomic E-state index is 12.4. The number of amides is 1. The van der Waals surface area contributed by atoms with Gasteiger partial charge in [-0.05, 0) is 62.4 Å². The Morgan fingerprint density at radius 1 is 0.971 bits per heavy atom. The molecule has 0 atom stereocenters. The quantitative estimate of drug-likeness (QED) is 0.346. The van der Waals surface area contributed by atoms with Crippen molar-refractivity contribution >= 4 is 11.6 Å². The molecule has 4 aromatic rings. The van der Waals surface area contributed by atoms with Gasteiger partial charge in [-0.3, -0.25) is 4.79 Å². The van der Waals surface area contributed by atoms with Crippen molar-refractivity contribution < 1.29 is 23.7 Å². The lowest BCUT2D eigenvalue weighted by molar-refractivity contribution is 0.0946. The first-order valence-electron chi connectivity index (χ1n) is 11.1. The highest BCUT2D eigenvalue weighted by atomic mass is 16.5. The molecule has 10 heteroatoms.